The van der Waals surface area contributed by atoms with Gasteiger partial charge in [0.15, 0.2) is 0 Å². The molecule has 0 bridgehead atoms. The third-order valence-electron chi connectivity index (χ3n) is 3.00. The fourth-order valence-corrected chi connectivity index (χ4v) is 2.51. The Morgan fingerprint density at radius 3 is 2.81 bits per heavy atom. The first kappa shape index (κ1) is 15.9. The Morgan fingerprint density at radius 1 is 1.38 bits per heavy atom. The maximum Gasteiger partial charge on any atom is 0.233 e. The molecule has 0 spiro atoms. The van der Waals surface area contributed by atoms with Gasteiger partial charge in [-0.2, -0.15) is 0 Å². The minimum Gasteiger partial charge on any atom is -0.310 e. The van der Waals surface area contributed by atoms with Gasteiger partial charge in [-0.15, -0.1) is 0 Å². The zero-order chi connectivity index (χ0) is 15.2. The molecular formula is C15H15BrClN3O. The van der Waals surface area contributed by atoms with Crippen LogP contribution in [0.2, 0.25) is 5.02 Å². The summed E-state index contributed by atoms with van der Waals surface area (Å²) >= 11 is 9.17. The lowest BCUT2D eigenvalue weighted by molar-refractivity contribution is -0.117. The summed E-state index contributed by atoms with van der Waals surface area (Å²) in [7, 11) is 0. The van der Waals surface area contributed by atoms with Gasteiger partial charge in [0.2, 0.25) is 5.91 Å². The largest absolute Gasteiger partial charge is 0.310 e. The van der Waals surface area contributed by atoms with Crippen molar-refractivity contribution in [2.45, 2.75) is 25.7 Å². The Kier molecular flexibility index (Phi) is 5.70. The number of carbonyl (C=O) groups excluding carboxylic acids is 1. The highest BCUT2D eigenvalue weighted by atomic mass is 79.9. The molecule has 0 saturated heterocycles. The SMILES string of the molecule is CCCC(C(=O)Nc1ccc(Cl)cn1)c1cncc(Br)c1. The lowest BCUT2D eigenvalue weighted by atomic mass is 9.95. The van der Waals surface area contributed by atoms with Crippen molar-refractivity contribution < 1.29 is 4.79 Å². The summed E-state index contributed by atoms with van der Waals surface area (Å²) in [4.78, 5) is 20.7. The zero-order valence-electron chi connectivity index (χ0n) is 11.5. The molecule has 1 unspecified atom stereocenters. The quantitative estimate of drug-likeness (QED) is 0.850. The second kappa shape index (κ2) is 7.52. The van der Waals surface area contributed by atoms with Gasteiger partial charge in [0.25, 0.3) is 0 Å². The highest BCUT2D eigenvalue weighted by Gasteiger charge is 2.20. The summed E-state index contributed by atoms with van der Waals surface area (Å²) < 4.78 is 0.860. The number of anilines is 1. The number of rotatable bonds is 5. The van der Waals surface area contributed by atoms with E-state index >= 15 is 0 Å². The molecule has 0 aromatic carbocycles. The van der Waals surface area contributed by atoms with Gasteiger partial charge >= 0.3 is 0 Å². The molecule has 110 valence electrons. The van der Waals surface area contributed by atoms with Crippen molar-refractivity contribution in [3.05, 3.63) is 51.8 Å². The monoisotopic (exact) mass is 367 g/mol. The Balaban J connectivity index is 2.17. The molecule has 2 aromatic rings. The fourth-order valence-electron chi connectivity index (χ4n) is 2.02. The van der Waals surface area contributed by atoms with E-state index in [0.717, 1.165) is 22.9 Å². The number of pyridine rings is 2. The summed E-state index contributed by atoms with van der Waals surface area (Å²) in [5.41, 5.74) is 0.887. The van der Waals surface area contributed by atoms with Crippen LogP contribution in [0, 0.1) is 0 Å². The van der Waals surface area contributed by atoms with Crippen LogP contribution in [0.25, 0.3) is 0 Å². The van der Waals surface area contributed by atoms with Gasteiger partial charge in [0.1, 0.15) is 5.82 Å². The molecule has 6 heteroatoms. The van der Waals surface area contributed by atoms with E-state index in [1.54, 1.807) is 24.5 Å². The van der Waals surface area contributed by atoms with Crippen molar-refractivity contribution in [1.82, 2.24) is 9.97 Å². The normalized spacial score (nSPS) is 12.0. The molecule has 2 heterocycles. The van der Waals surface area contributed by atoms with Crippen molar-refractivity contribution in [3.8, 4) is 0 Å². The summed E-state index contributed by atoms with van der Waals surface area (Å²) in [5, 5.41) is 3.36. The smallest absolute Gasteiger partial charge is 0.233 e. The van der Waals surface area contributed by atoms with Crippen molar-refractivity contribution in [3.63, 3.8) is 0 Å². The van der Waals surface area contributed by atoms with Gasteiger partial charge in [-0.05, 0) is 46.1 Å². The van der Waals surface area contributed by atoms with Gasteiger partial charge in [0.05, 0.1) is 10.9 Å². The summed E-state index contributed by atoms with van der Waals surface area (Å²) in [6.07, 6.45) is 6.58. The molecule has 1 atom stereocenters. The molecule has 1 N–H and O–H groups in total. The van der Waals surface area contributed by atoms with Crippen LogP contribution in [0.5, 0.6) is 0 Å². The van der Waals surface area contributed by atoms with Gasteiger partial charge in [0, 0.05) is 23.1 Å². The predicted octanol–water partition coefficient (Wildman–Crippen LogP) is 4.41. The predicted molar refractivity (Wildman–Crippen MR) is 87.5 cm³/mol. The molecule has 2 aromatic heterocycles. The number of carbonyl (C=O) groups is 1. The van der Waals surface area contributed by atoms with Crippen molar-refractivity contribution >= 4 is 39.3 Å². The Labute approximate surface area is 137 Å². The van der Waals surface area contributed by atoms with E-state index in [0.29, 0.717) is 10.8 Å². The molecule has 4 nitrogen and oxygen atoms in total. The Morgan fingerprint density at radius 2 is 2.19 bits per heavy atom. The van der Waals surface area contributed by atoms with Gasteiger partial charge in [-0.1, -0.05) is 24.9 Å². The molecule has 1 amide bonds. The third kappa shape index (κ3) is 4.51. The number of halogens is 2. The average molecular weight is 369 g/mol. The van der Waals surface area contributed by atoms with E-state index in [-0.39, 0.29) is 11.8 Å². The van der Waals surface area contributed by atoms with E-state index in [1.807, 2.05) is 13.0 Å². The summed E-state index contributed by atoms with van der Waals surface area (Å²) in [6, 6.07) is 5.30. The Hall–Kier alpha value is -1.46. The van der Waals surface area contributed by atoms with E-state index in [4.69, 9.17) is 11.6 Å². The lowest BCUT2D eigenvalue weighted by Gasteiger charge is -2.16. The maximum atomic E-state index is 12.5. The second-order valence-corrected chi connectivity index (χ2v) is 5.98. The topological polar surface area (TPSA) is 54.9 Å². The maximum absolute atomic E-state index is 12.5. The average Bonchev–Trinajstić information content (AvgIpc) is 2.47. The zero-order valence-corrected chi connectivity index (χ0v) is 13.9. The van der Waals surface area contributed by atoms with Crippen LogP contribution >= 0.6 is 27.5 Å². The highest BCUT2D eigenvalue weighted by molar-refractivity contribution is 9.10. The van der Waals surface area contributed by atoms with Crippen LogP contribution < -0.4 is 5.32 Å². The number of hydrogen-bond donors (Lipinski definition) is 1. The number of nitrogens with zero attached hydrogens (tertiary/aromatic N) is 2. The standard InChI is InChI=1S/C15H15BrClN3O/c1-2-3-13(10-6-11(16)8-18-7-10)15(21)20-14-5-4-12(17)9-19-14/h4-9,13H,2-3H2,1H3,(H,19,20,21). The molecule has 0 aliphatic rings. The van der Waals surface area contributed by atoms with Gasteiger partial charge in [-0.3, -0.25) is 9.78 Å². The molecular weight excluding hydrogens is 354 g/mol. The van der Waals surface area contributed by atoms with Crippen LogP contribution in [0.3, 0.4) is 0 Å². The first-order valence-corrected chi connectivity index (χ1v) is 7.80. The fraction of sp³-hybridized carbons (Fsp3) is 0.267. The highest BCUT2D eigenvalue weighted by Crippen LogP contribution is 2.25. The van der Waals surface area contributed by atoms with Crippen LogP contribution in [-0.4, -0.2) is 15.9 Å². The van der Waals surface area contributed by atoms with E-state index in [1.165, 1.54) is 6.20 Å². The van der Waals surface area contributed by atoms with Gasteiger partial charge in [-0.25, -0.2) is 4.98 Å². The molecule has 0 radical (unpaired) electrons. The number of hydrogen-bond acceptors (Lipinski definition) is 3. The van der Waals surface area contributed by atoms with Crippen molar-refractivity contribution in [2.75, 3.05) is 5.32 Å². The number of nitrogens with one attached hydrogen (secondary N) is 1. The van der Waals surface area contributed by atoms with E-state index < -0.39 is 0 Å². The number of amides is 1. The first-order valence-electron chi connectivity index (χ1n) is 6.63. The molecule has 0 aliphatic carbocycles. The molecule has 0 fully saturated rings. The van der Waals surface area contributed by atoms with Crippen LogP contribution in [0.4, 0.5) is 5.82 Å². The molecule has 0 saturated carbocycles. The first-order chi connectivity index (χ1) is 10.1. The van der Waals surface area contributed by atoms with Crippen LogP contribution in [0.1, 0.15) is 31.2 Å². The van der Waals surface area contributed by atoms with E-state index in [2.05, 4.69) is 31.2 Å². The van der Waals surface area contributed by atoms with E-state index in [9.17, 15) is 4.79 Å². The molecule has 2 rings (SSSR count). The Bertz CT molecular complexity index is 619. The summed E-state index contributed by atoms with van der Waals surface area (Å²) in [6.45, 7) is 2.05. The minimum absolute atomic E-state index is 0.0911. The third-order valence-corrected chi connectivity index (χ3v) is 3.66. The molecule has 0 aliphatic heterocycles. The molecule has 21 heavy (non-hydrogen) atoms. The van der Waals surface area contributed by atoms with Crippen LogP contribution in [-0.2, 0) is 4.79 Å². The van der Waals surface area contributed by atoms with Crippen LogP contribution in [0.15, 0.2) is 41.3 Å². The number of aromatic nitrogens is 2. The van der Waals surface area contributed by atoms with Crippen molar-refractivity contribution in [2.24, 2.45) is 0 Å². The lowest BCUT2D eigenvalue weighted by Crippen LogP contribution is -2.21. The van der Waals surface area contributed by atoms with Gasteiger partial charge < -0.3 is 5.32 Å². The minimum atomic E-state index is -0.252. The summed E-state index contributed by atoms with van der Waals surface area (Å²) in [5.74, 6) is 0.150. The second-order valence-electron chi connectivity index (χ2n) is 4.63. The van der Waals surface area contributed by atoms with Crippen molar-refractivity contribution in [1.29, 1.82) is 0 Å².